The normalized spacial score (nSPS) is 36.6. The number of fused-ring (bicyclic) bond motifs is 3. The lowest BCUT2D eigenvalue weighted by molar-refractivity contribution is -0.313. The maximum Gasteiger partial charge on any atom is 0.220 e. The van der Waals surface area contributed by atoms with Crippen LogP contribution < -0.4 is 10.1 Å². The first-order chi connectivity index (χ1) is 16.9. The zero-order valence-corrected chi connectivity index (χ0v) is 20.7. The molecule has 0 unspecified atom stereocenters. The number of aliphatic hydroxyl groups is 1. The lowest BCUT2D eigenvalue weighted by Gasteiger charge is -2.62. The van der Waals surface area contributed by atoms with Gasteiger partial charge in [-0.15, -0.1) is 0 Å². The summed E-state index contributed by atoms with van der Waals surface area (Å²) >= 11 is 0. The molecule has 190 valence electrons. The minimum absolute atomic E-state index is 0.0473. The number of ether oxygens (including phenoxy) is 3. The van der Waals surface area contributed by atoms with Crippen LogP contribution in [0.15, 0.2) is 53.1 Å². The van der Waals surface area contributed by atoms with E-state index in [0.29, 0.717) is 38.5 Å². The van der Waals surface area contributed by atoms with Gasteiger partial charge in [-0.2, -0.15) is 0 Å². The maximum atomic E-state index is 12.8. The van der Waals surface area contributed by atoms with E-state index in [-0.39, 0.29) is 28.8 Å². The minimum atomic E-state index is -0.483. The number of nitrogens with one attached hydrogen (secondary N) is 1. The summed E-state index contributed by atoms with van der Waals surface area (Å²) in [5.41, 5.74) is -0.329. The number of aliphatic hydroxyl groups excluding tert-OH is 1. The summed E-state index contributed by atoms with van der Waals surface area (Å²) in [6.45, 7) is 5.84. The van der Waals surface area contributed by atoms with Crippen molar-refractivity contribution in [2.24, 2.45) is 22.7 Å². The van der Waals surface area contributed by atoms with E-state index in [2.05, 4.69) is 19.2 Å². The molecule has 2 saturated carbocycles. The summed E-state index contributed by atoms with van der Waals surface area (Å²) in [4.78, 5) is 12.8. The Kier molecular flexibility index (Phi) is 6.93. The molecule has 3 fully saturated rings. The first-order valence-corrected chi connectivity index (χ1v) is 12.8. The fourth-order valence-corrected chi connectivity index (χ4v) is 6.93. The van der Waals surface area contributed by atoms with Gasteiger partial charge in [-0.1, -0.05) is 32.0 Å². The van der Waals surface area contributed by atoms with Gasteiger partial charge in [0, 0.05) is 11.8 Å². The summed E-state index contributed by atoms with van der Waals surface area (Å²) in [7, 11) is 0. The smallest absolute Gasteiger partial charge is 0.220 e. The topological polar surface area (TPSA) is 90.2 Å². The highest BCUT2D eigenvalue weighted by molar-refractivity contribution is 5.76. The van der Waals surface area contributed by atoms with Gasteiger partial charge in [-0.05, 0) is 67.2 Å². The van der Waals surface area contributed by atoms with Crippen molar-refractivity contribution in [2.45, 2.75) is 71.0 Å². The minimum Gasteiger partial charge on any atom is -0.488 e. The fraction of sp³-hybridized carbons (Fsp3) is 0.607. The third kappa shape index (κ3) is 4.86. The summed E-state index contributed by atoms with van der Waals surface area (Å²) in [6, 6.07) is 13.4. The van der Waals surface area contributed by atoms with Crippen LogP contribution in [0.2, 0.25) is 0 Å². The molecule has 7 nitrogen and oxygen atoms in total. The molecule has 1 saturated heterocycles. The van der Waals surface area contributed by atoms with Crippen molar-refractivity contribution in [3.63, 3.8) is 0 Å². The average Bonchev–Trinajstić information content (AvgIpc) is 3.38. The second kappa shape index (κ2) is 9.96. The van der Waals surface area contributed by atoms with Crippen molar-refractivity contribution in [2.75, 3.05) is 13.2 Å². The molecular weight excluding hydrogens is 446 g/mol. The first-order valence-electron chi connectivity index (χ1n) is 12.8. The number of hydrogen-bond donors (Lipinski definition) is 2. The Morgan fingerprint density at radius 1 is 1.11 bits per heavy atom. The van der Waals surface area contributed by atoms with Gasteiger partial charge in [0.15, 0.2) is 6.29 Å². The van der Waals surface area contributed by atoms with E-state index in [0.717, 1.165) is 30.8 Å². The second-order valence-corrected chi connectivity index (χ2v) is 10.9. The highest BCUT2D eigenvalue weighted by Gasteiger charge is 2.61. The van der Waals surface area contributed by atoms with Gasteiger partial charge < -0.3 is 29.1 Å². The molecule has 2 heterocycles. The van der Waals surface area contributed by atoms with Gasteiger partial charge in [0.2, 0.25) is 5.91 Å². The number of carbonyl (C=O) groups excluding carboxylic acids is 1. The van der Waals surface area contributed by atoms with Crippen molar-refractivity contribution < 1.29 is 28.5 Å². The highest BCUT2D eigenvalue weighted by atomic mass is 16.7. The van der Waals surface area contributed by atoms with Crippen molar-refractivity contribution in [1.82, 2.24) is 5.32 Å². The SMILES string of the molecule is C[C@@]12CO[C@@H](COc3ccccc3)O[C@@H]1CC[C@]1(C)[C@H]2CC[C@@H](O)[C@H]1CC(=O)NCc1ccco1. The van der Waals surface area contributed by atoms with E-state index in [1.54, 1.807) is 6.26 Å². The number of rotatable bonds is 7. The lowest BCUT2D eigenvalue weighted by atomic mass is 9.46. The van der Waals surface area contributed by atoms with Crippen molar-refractivity contribution in [1.29, 1.82) is 0 Å². The Morgan fingerprint density at radius 3 is 2.71 bits per heavy atom. The van der Waals surface area contributed by atoms with Crippen LogP contribution in [0.1, 0.15) is 51.7 Å². The predicted octanol–water partition coefficient (Wildman–Crippen LogP) is 4.30. The van der Waals surface area contributed by atoms with E-state index in [1.807, 2.05) is 42.5 Å². The zero-order chi connectivity index (χ0) is 24.5. The molecule has 2 aliphatic carbocycles. The van der Waals surface area contributed by atoms with Crippen LogP contribution in [-0.2, 0) is 20.8 Å². The van der Waals surface area contributed by atoms with Gasteiger partial charge in [0.1, 0.15) is 18.1 Å². The molecular formula is C28H37NO6. The average molecular weight is 484 g/mol. The van der Waals surface area contributed by atoms with E-state index >= 15 is 0 Å². The fourth-order valence-electron chi connectivity index (χ4n) is 6.93. The Hall–Kier alpha value is -2.35. The molecule has 5 rings (SSSR count). The van der Waals surface area contributed by atoms with Gasteiger partial charge in [-0.25, -0.2) is 0 Å². The molecule has 0 bridgehead atoms. The summed E-state index contributed by atoms with van der Waals surface area (Å²) < 4.78 is 23.8. The van der Waals surface area contributed by atoms with Crippen molar-refractivity contribution >= 4 is 5.91 Å². The summed E-state index contributed by atoms with van der Waals surface area (Å²) in [6.07, 6.45) is 4.50. The number of hydrogen-bond acceptors (Lipinski definition) is 6. The van der Waals surface area contributed by atoms with Crippen LogP contribution >= 0.6 is 0 Å². The van der Waals surface area contributed by atoms with Crippen LogP contribution in [0.25, 0.3) is 0 Å². The number of para-hydroxylation sites is 1. The summed E-state index contributed by atoms with van der Waals surface area (Å²) in [5.74, 6) is 1.68. The lowest BCUT2D eigenvalue weighted by Crippen LogP contribution is -2.63. The zero-order valence-electron chi connectivity index (χ0n) is 20.7. The van der Waals surface area contributed by atoms with Crippen LogP contribution in [0, 0.1) is 22.7 Å². The van der Waals surface area contributed by atoms with E-state index < -0.39 is 12.4 Å². The standard InChI is InChI=1S/C28H37NO6/c1-27-13-12-24-28(2,18-34-26(35-24)17-33-19-7-4-3-5-8-19)23(27)11-10-22(30)21(27)15-25(31)29-16-20-9-6-14-32-20/h3-9,14,21-24,26,30H,10-13,15-18H2,1-2H3,(H,29,31)/t21-,22-,23-,24-,26-,27+,28+/m1/s1. The number of amides is 1. The molecule has 35 heavy (non-hydrogen) atoms. The second-order valence-electron chi connectivity index (χ2n) is 10.9. The van der Waals surface area contributed by atoms with Crippen LogP contribution in [0.3, 0.4) is 0 Å². The molecule has 0 spiro atoms. The molecule has 2 aromatic rings. The van der Waals surface area contributed by atoms with E-state index in [9.17, 15) is 9.90 Å². The molecule has 1 aliphatic heterocycles. The van der Waals surface area contributed by atoms with Gasteiger partial charge in [0.25, 0.3) is 0 Å². The predicted molar refractivity (Wildman–Crippen MR) is 129 cm³/mol. The molecule has 1 amide bonds. The van der Waals surface area contributed by atoms with Crippen molar-refractivity contribution in [3.8, 4) is 5.75 Å². The van der Waals surface area contributed by atoms with Crippen molar-refractivity contribution in [3.05, 3.63) is 54.5 Å². The third-order valence-corrected chi connectivity index (χ3v) is 8.81. The van der Waals surface area contributed by atoms with Crippen LogP contribution in [0.5, 0.6) is 5.75 Å². The Balaban J connectivity index is 1.23. The summed E-state index contributed by atoms with van der Waals surface area (Å²) in [5, 5.41) is 14.0. The first kappa shape index (κ1) is 24.3. The molecule has 1 aromatic carbocycles. The Morgan fingerprint density at radius 2 is 1.94 bits per heavy atom. The molecule has 1 aromatic heterocycles. The highest BCUT2D eigenvalue weighted by Crippen LogP contribution is 2.62. The Labute approximate surface area is 207 Å². The van der Waals surface area contributed by atoms with Gasteiger partial charge in [0.05, 0.1) is 31.6 Å². The van der Waals surface area contributed by atoms with Gasteiger partial charge >= 0.3 is 0 Å². The molecule has 2 N–H and O–H groups in total. The number of carbonyl (C=O) groups is 1. The van der Waals surface area contributed by atoms with Crippen LogP contribution in [0.4, 0.5) is 0 Å². The largest absolute Gasteiger partial charge is 0.488 e. The quantitative estimate of drug-likeness (QED) is 0.610. The van der Waals surface area contributed by atoms with E-state index in [4.69, 9.17) is 18.6 Å². The number of benzene rings is 1. The number of furan rings is 1. The maximum absolute atomic E-state index is 12.8. The molecule has 0 radical (unpaired) electrons. The molecule has 7 atom stereocenters. The molecule has 7 heteroatoms. The molecule has 3 aliphatic rings. The third-order valence-electron chi connectivity index (χ3n) is 8.81. The van der Waals surface area contributed by atoms with Crippen LogP contribution in [-0.4, -0.2) is 42.7 Å². The monoisotopic (exact) mass is 483 g/mol. The Bertz CT molecular complexity index is 981. The van der Waals surface area contributed by atoms with Gasteiger partial charge in [-0.3, -0.25) is 4.79 Å². The van der Waals surface area contributed by atoms with E-state index in [1.165, 1.54) is 0 Å².